The molecule has 0 fully saturated rings. The van der Waals surface area contributed by atoms with E-state index in [0.717, 1.165) is 5.56 Å². The zero-order valence-electron chi connectivity index (χ0n) is 12.8. The highest BCUT2D eigenvalue weighted by Gasteiger charge is 2.15. The van der Waals surface area contributed by atoms with Crippen molar-refractivity contribution in [2.45, 2.75) is 13.5 Å². The summed E-state index contributed by atoms with van der Waals surface area (Å²) < 4.78 is 10.5. The Labute approximate surface area is 134 Å². The van der Waals surface area contributed by atoms with Crippen molar-refractivity contribution in [3.05, 3.63) is 59.5 Å². The van der Waals surface area contributed by atoms with E-state index in [2.05, 4.69) is 5.32 Å². The number of carbonyl (C=O) groups excluding carboxylic acids is 1. The predicted octanol–water partition coefficient (Wildman–Crippen LogP) is 2.56. The second-order valence-electron chi connectivity index (χ2n) is 5.28. The van der Waals surface area contributed by atoms with Crippen LogP contribution in [0.5, 0.6) is 0 Å². The number of carboxylic acids is 1. The second kappa shape index (κ2) is 8.14. The van der Waals surface area contributed by atoms with Gasteiger partial charge in [-0.3, -0.25) is 4.79 Å². The van der Waals surface area contributed by atoms with Crippen LogP contribution in [0.1, 0.15) is 33.6 Å². The average molecular weight is 317 g/mol. The first kappa shape index (κ1) is 16.8. The molecule has 0 saturated carbocycles. The van der Waals surface area contributed by atoms with Crippen molar-refractivity contribution in [2.24, 2.45) is 5.92 Å². The van der Waals surface area contributed by atoms with Crippen LogP contribution in [0, 0.1) is 5.92 Å². The molecule has 1 heterocycles. The van der Waals surface area contributed by atoms with Crippen molar-refractivity contribution in [3.8, 4) is 0 Å². The standard InChI is InChI=1S/C17H19NO5/c1-12(10-22-11-13-5-3-2-4-6-13)9-18-16(19)14-7-8-15(23-14)17(20)21/h2-8,12H,9-11H2,1H3,(H,18,19)(H,20,21). The van der Waals surface area contributed by atoms with Gasteiger partial charge in [0.15, 0.2) is 5.76 Å². The molecule has 6 heteroatoms. The van der Waals surface area contributed by atoms with E-state index in [4.69, 9.17) is 14.3 Å². The number of nitrogens with one attached hydrogen (secondary N) is 1. The summed E-state index contributed by atoms with van der Waals surface area (Å²) in [4.78, 5) is 22.5. The highest BCUT2D eigenvalue weighted by molar-refractivity contribution is 5.93. The first-order valence-corrected chi connectivity index (χ1v) is 7.29. The van der Waals surface area contributed by atoms with E-state index in [0.29, 0.717) is 19.8 Å². The molecule has 23 heavy (non-hydrogen) atoms. The van der Waals surface area contributed by atoms with Gasteiger partial charge in [-0.2, -0.15) is 0 Å². The van der Waals surface area contributed by atoms with Crippen molar-refractivity contribution in [3.63, 3.8) is 0 Å². The van der Waals surface area contributed by atoms with Crippen LogP contribution >= 0.6 is 0 Å². The minimum atomic E-state index is -1.20. The summed E-state index contributed by atoms with van der Waals surface area (Å²) >= 11 is 0. The van der Waals surface area contributed by atoms with Gasteiger partial charge in [-0.05, 0) is 23.6 Å². The molecule has 122 valence electrons. The molecule has 1 amide bonds. The fraction of sp³-hybridized carbons (Fsp3) is 0.294. The van der Waals surface area contributed by atoms with Crippen LogP contribution in [-0.4, -0.2) is 30.1 Å². The maximum absolute atomic E-state index is 11.8. The molecule has 1 aromatic heterocycles. The summed E-state index contributed by atoms with van der Waals surface area (Å²) in [5, 5.41) is 11.4. The summed E-state index contributed by atoms with van der Waals surface area (Å²) in [5.74, 6) is -1.79. The lowest BCUT2D eigenvalue weighted by Gasteiger charge is -2.12. The van der Waals surface area contributed by atoms with Gasteiger partial charge in [0.05, 0.1) is 13.2 Å². The number of rotatable bonds is 8. The number of furan rings is 1. The van der Waals surface area contributed by atoms with Crippen LogP contribution in [0.2, 0.25) is 0 Å². The number of amides is 1. The molecular formula is C17H19NO5. The van der Waals surface area contributed by atoms with Crippen molar-refractivity contribution >= 4 is 11.9 Å². The topological polar surface area (TPSA) is 88.8 Å². The fourth-order valence-corrected chi connectivity index (χ4v) is 1.94. The Morgan fingerprint density at radius 3 is 2.52 bits per heavy atom. The third-order valence-corrected chi connectivity index (χ3v) is 3.17. The Morgan fingerprint density at radius 2 is 1.87 bits per heavy atom. The smallest absolute Gasteiger partial charge is 0.371 e. The lowest BCUT2D eigenvalue weighted by atomic mass is 10.2. The molecule has 6 nitrogen and oxygen atoms in total. The van der Waals surface area contributed by atoms with E-state index < -0.39 is 11.9 Å². The third kappa shape index (κ3) is 5.27. The Balaban J connectivity index is 1.70. The van der Waals surface area contributed by atoms with Gasteiger partial charge >= 0.3 is 5.97 Å². The Kier molecular flexibility index (Phi) is 5.94. The predicted molar refractivity (Wildman–Crippen MR) is 83.3 cm³/mol. The van der Waals surface area contributed by atoms with Crippen LogP contribution in [0.25, 0.3) is 0 Å². The number of hydrogen-bond donors (Lipinski definition) is 2. The third-order valence-electron chi connectivity index (χ3n) is 3.17. The van der Waals surface area contributed by atoms with E-state index >= 15 is 0 Å². The molecule has 0 radical (unpaired) electrons. The molecule has 0 aliphatic heterocycles. The zero-order valence-corrected chi connectivity index (χ0v) is 12.8. The number of benzene rings is 1. The van der Waals surface area contributed by atoms with Crippen LogP contribution in [0.15, 0.2) is 46.9 Å². The van der Waals surface area contributed by atoms with Crippen molar-refractivity contribution < 1.29 is 23.8 Å². The van der Waals surface area contributed by atoms with Gasteiger partial charge in [-0.15, -0.1) is 0 Å². The summed E-state index contributed by atoms with van der Waals surface area (Å²) in [6.07, 6.45) is 0. The molecule has 2 rings (SSSR count). The van der Waals surface area contributed by atoms with E-state index in [-0.39, 0.29) is 17.4 Å². The van der Waals surface area contributed by atoms with E-state index in [9.17, 15) is 9.59 Å². The van der Waals surface area contributed by atoms with Gasteiger partial charge in [0, 0.05) is 6.54 Å². The zero-order chi connectivity index (χ0) is 16.7. The lowest BCUT2D eigenvalue weighted by Crippen LogP contribution is -2.29. The first-order chi connectivity index (χ1) is 11.1. The summed E-state index contributed by atoms with van der Waals surface area (Å²) in [6, 6.07) is 12.4. The molecule has 0 aliphatic rings. The summed E-state index contributed by atoms with van der Waals surface area (Å²) in [6.45, 7) is 3.40. The summed E-state index contributed by atoms with van der Waals surface area (Å²) in [5.41, 5.74) is 1.10. The Bertz CT molecular complexity index is 650. The van der Waals surface area contributed by atoms with Crippen molar-refractivity contribution in [2.75, 3.05) is 13.2 Å². The number of carboxylic acid groups (broad SMARTS) is 1. The molecule has 1 aromatic carbocycles. The lowest BCUT2D eigenvalue weighted by molar-refractivity contribution is 0.0659. The Morgan fingerprint density at radius 1 is 1.17 bits per heavy atom. The molecule has 2 aromatic rings. The minimum Gasteiger partial charge on any atom is -0.475 e. The minimum absolute atomic E-state index is 0.0141. The van der Waals surface area contributed by atoms with Gasteiger partial charge in [-0.1, -0.05) is 37.3 Å². The normalized spacial score (nSPS) is 11.9. The maximum Gasteiger partial charge on any atom is 0.371 e. The van der Waals surface area contributed by atoms with Crippen LogP contribution in [-0.2, 0) is 11.3 Å². The van der Waals surface area contributed by atoms with Crippen molar-refractivity contribution in [1.82, 2.24) is 5.32 Å². The van der Waals surface area contributed by atoms with Crippen LogP contribution in [0.3, 0.4) is 0 Å². The van der Waals surface area contributed by atoms with E-state index in [1.807, 2.05) is 37.3 Å². The highest BCUT2D eigenvalue weighted by Crippen LogP contribution is 2.08. The molecule has 1 unspecified atom stereocenters. The largest absolute Gasteiger partial charge is 0.475 e. The average Bonchev–Trinajstić information content (AvgIpc) is 3.04. The monoisotopic (exact) mass is 317 g/mol. The van der Waals surface area contributed by atoms with E-state index in [1.54, 1.807) is 0 Å². The number of ether oxygens (including phenoxy) is 1. The Hall–Kier alpha value is -2.60. The van der Waals surface area contributed by atoms with E-state index in [1.165, 1.54) is 12.1 Å². The first-order valence-electron chi connectivity index (χ1n) is 7.29. The number of carbonyl (C=O) groups is 2. The number of aromatic carboxylic acids is 1. The van der Waals surface area contributed by atoms with Crippen molar-refractivity contribution in [1.29, 1.82) is 0 Å². The van der Waals surface area contributed by atoms with Gasteiger partial charge in [0.25, 0.3) is 5.91 Å². The number of hydrogen-bond acceptors (Lipinski definition) is 4. The molecular weight excluding hydrogens is 298 g/mol. The van der Waals surface area contributed by atoms with Gasteiger partial charge in [0.2, 0.25) is 5.76 Å². The van der Waals surface area contributed by atoms with Gasteiger partial charge in [-0.25, -0.2) is 4.79 Å². The maximum atomic E-state index is 11.8. The fourth-order valence-electron chi connectivity index (χ4n) is 1.94. The van der Waals surface area contributed by atoms with Gasteiger partial charge < -0.3 is 19.6 Å². The van der Waals surface area contributed by atoms with Crippen LogP contribution < -0.4 is 5.32 Å². The quantitative estimate of drug-likeness (QED) is 0.781. The molecule has 0 bridgehead atoms. The molecule has 0 spiro atoms. The SMILES string of the molecule is CC(CNC(=O)c1ccc(C(=O)O)o1)COCc1ccccc1. The molecule has 0 saturated heterocycles. The molecule has 1 atom stereocenters. The second-order valence-corrected chi connectivity index (χ2v) is 5.28. The molecule has 2 N–H and O–H groups in total. The summed E-state index contributed by atoms with van der Waals surface area (Å²) in [7, 11) is 0. The molecule has 0 aliphatic carbocycles. The van der Waals surface area contributed by atoms with Crippen LogP contribution in [0.4, 0.5) is 0 Å². The van der Waals surface area contributed by atoms with Gasteiger partial charge in [0.1, 0.15) is 0 Å². The highest BCUT2D eigenvalue weighted by atomic mass is 16.5.